The average Bonchev–Trinajstić information content (AvgIpc) is 3.03. The third-order valence-electron chi connectivity index (χ3n) is 7.58. The van der Waals surface area contributed by atoms with E-state index in [4.69, 9.17) is 9.47 Å². The van der Waals surface area contributed by atoms with Gasteiger partial charge in [0, 0.05) is 13.0 Å². The van der Waals surface area contributed by atoms with Gasteiger partial charge in [-0.05, 0) is 77.0 Å². The molecule has 1 unspecified atom stereocenters. The maximum atomic E-state index is 12.1. The van der Waals surface area contributed by atoms with Gasteiger partial charge in [0.1, 0.15) is 6.10 Å². The van der Waals surface area contributed by atoms with Crippen LogP contribution in [0.3, 0.4) is 0 Å². The Kier molecular flexibility index (Phi) is 35.7. The predicted molar refractivity (Wildman–Crippen MR) is 191 cm³/mol. The third kappa shape index (κ3) is 34.6. The molecule has 0 aliphatic carbocycles. The van der Waals surface area contributed by atoms with Gasteiger partial charge in [0.2, 0.25) is 0 Å². The van der Waals surface area contributed by atoms with E-state index in [1.165, 1.54) is 70.6 Å². The van der Waals surface area contributed by atoms with Crippen molar-refractivity contribution in [3.8, 4) is 0 Å². The number of ether oxygens (including phenoxy) is 2. The van der Waals surface area contributed by atoms with Crippen LogP contribution in [0.2, 0.25) is 0 Å². The van der Waals surface area contributed by atoms with E-state index in [1.807, 2.05) is 0 Å². The Morgan fingerprint density at radius 3 is 1.57 bits per heavy atom. The van der Waals surface area contributed by atoms with E-state index < -0.39 is 6.10 Å². The van der Waals surface area contributed by atoms with Gasteiger partial charge in [-0.15, -0.1) is 0 Å². The minimum absolute atomic E-state index is 0.190. The van der Waals surface area contributed by atoms with E-state index in [0.717, 1.165) is 70.6 Å². The molecule has 0 spiro atoms. The lowest BCUT2D eigenvalue weighted by molar-refractivity contribution is -0.154. The lowest BCUT2D eigenvalue weighted by Crippen LogP contribution is -2.27. The van der Waals surface area contributed by atoms with E-state index in [-0.39, 0.29) is 19.2 Å². The number of aliphatic hydroxyl groups is 1. The molecule has 0 aliphatic heterocycles. The Morgan fingerprint density at radius 2 is 1.02 bits per heavy atom. The van der Waals surface area contributed by atoms with Crippen LogP contribution in [-0.4, -0.2) is 37.0 Å². The van der Waals surface area contributed by atoms with E-state index in [0.29, 0.717) is 13.0 Å². The monoisotopic (exact) mass is 615 g/mol. The molecule has 0 radical (unpaired) electrons. The first-order chi connectivity index (χ1) is 21.7. The molecule has 4 heteroatoms. The second-order valence-corrected chi connectivity index (χ2v) is 11.9. The Labute approximate surface area is 273 Å². The summed E-state index contributed by atoms with van der Waals surface area (Å²) in [5.74, 6) is -0.223. The van der Waals surface area contributed by atoms with Crippen LogP contribution in [-0.2, 0) is 14.3 Å². The van der Waals surface area contributed by atoms with Gasteiger partial charge in [0.05, 0.1) is 13.2 Å². The number of carbonyl (C=O) groups excluding carboxylic acids is 1. The molecule has 0 saturated heterocycles. The first-order valence-corrected chi connectivity index (χ1v) is 18.4. The van der Waals surface area contributed by atoms with Crippen LogP contribution in [0.4, 0.5) is 0 Å². The summed E-state index contributed by atoms with van der Waals surface area (Å²) in [6, 6.07) is 0. The summed E-state index contributed by atoms with van der Waals surface area (Å²) < 4.78 is 11.1. The van der Waals surface area contributed by atoms with Gasteiger partial charge in [-0.3, -0.25) is 4.79 Å². The molecule has 0 amide bonds. The highest BCUT2D eigenvalue weighted by atomic mass is 16.6. The number of hydrogen-bond donors (Lipinski definition) is 1. The number of carbonyl (C=O) groups is 1. The molecule has 0 heterocycles. The van der Waals surface area contributed by atoms with Crippen LogP contribution >= 0.6 is 0 Å². The predicted octanol–water partition coefficient (Wildman–Crippen LogP) is 11.7. The van der Waals surface area contributed by atoms with E-state index in [9.17, 15) is 9.90 Å². The fraction of sp³-hybridized carbons (Fsp3) is 0.725. The second kappa shape index (κ2) is 37.3. The van der Waals surface area contributed by atoms with Gasteiger partial charge >= 0.3 is 5.97 Å². The quantitative estimate of drug-likeness (QED) is 0.0454. The van der Waals surface area contributed by atoms with E-state index in [1.54, 1.807) is 0 Å². The Hall–Kier alpha value is -1.91. The van der Waals surface area contributed by atoms with Crippen LogP contribution in [0.25, 0.3) is 0 Å². The number of hydrogen-bond acceptors (Lipinski definition) is 4. The van der Waals surface area contributed by atoms with E-state index in [2.05, 4.69) is 74.6 Å². The summed E-state index contributed by atoms with van der Waals surface area (Å²) in [6.45, 7) is 5.14. The van der Waals surface area contributed by atoms with Crippen molar-refractivity contribution in [2.24, 2.45) is 0 Å². The zero-order valence-electron chi connectivity index (χ0n) is 28.9. The summed E-state index contributed by atoms with van der Waals surface area (Å²) in [5, 5.41) is 9.55. The molecule has 4 nitrogen and oxygen atoms in total. The normalized spacial score (nSPS) is 13.1. The standard InChI is InChI=1S/C40H70O4/c1-3-5-7-9-11-13-15-17-19-21-23-25-27-29-31-33-35-40(42)44-39(37-41)38-43-36-34-32-30-28-26-24-22-20-18-16-14-12-10-8-6-4-2/h6,8,12,14,18-21,24,26,39,41H,3-5,7,9-11,13,15-17,22-23,25,27-38H2,1-2H3/b8-6-,14-12-,20-18-,21-19-,26-24-. The van der Waals surface area contributed by atoms with Crippen LogP contribution in [0.15, 0.2) is 60.8 Å². The fourth-order valence-electron chi connectivity index (χ4n) is 4.84. The lowest BCUT2D eigenvalue weighted by Gasteiger charge is -2.15. The van der Waals surface area contributed by atoms with Gasteiger partial charge in [0.15, 0.2) is 0 Å². The first-order valence-electron chi connectivity index (χ1n) is 18.4. The summed E-state index contributed by atoms with van der Waals surface area (Å²) >= 11 is 0. The molecule has 1 atom stereocenters. The largest absolute Gasteiger partial charge is 0.457 e. The lowest BCUT2D eigenvalue weighted by atomic mass is 10.1. The zero-order valence-corrected chi connectivity index (χ0v) is 28.9. The number of aliphatic hydroxyl groups excluding tert-OH is 1. The summed E-state index contributed by atoms with van der Waals surface area (Å²) in [5.41, 5.74) is 0. The zero-order chi connectivity index (χ0) is 32.0. The topological polar surface area (TPSA) is 55.8 Å². The van der Waals surface area contributed by atoms with Crippen molar-refractivity contribution in [3.63, 3.8) is 0 Å². The molecule has 0 aromatic heterocycles. The van der Waals surface area contributed by atoms with Crippen LogP contribution < -0.4 is 0 Å². The fourth-order valence-corrected chi connectivity index (χ4v) is 4.84. The molecule has 0 aromatic carbocycles. The SMILES string of the molecule is CC/C=C\C/C=C\C/C=C\C/C=C\CCCCCOCC(CO)OC(=O)CCCCCCC/C=C\CCCCCCCCC. The Balaban J connectivity index is 3.54. The van der Waals surface area contributed by atoms with E-state index >= 15 is 0 Å². The maximum Gasteiger partial charge on any atom is 0.306 e. The van der Waals surface area contributed by atoms with Crippen molar-refractivity contribution in [2.75, 3.05) is 19.8 Å². The molecule has 0 bridgehead atoms. The van der Waals surface area contributed by atoms with Crippen molar-refractivity contribution < 1.29 is 19.4 Å². The molecule has 0 rings (SSSR count). The molecule has 1 N–H and O–H groups in total. The molecule has 0 aromatic rings. The Bertz CT molecular complexity index is 734. The third-order valence-corrected chi connectivity index (χ3v) is 7.58. The van der Waals surface area contributed by atoms with Crippen LogP contribution in [0.1, 0.15) is 162 Å². The molecule has 44 heavy (non-hydrogen) atoms. The van der Waals surface area contributed by atoms with Gasteiger partial charge < -0.3 is 14.6 Å². The van der Waals surface area contributed by atoms with Gasteiger partial charge in [0.25, 0.3) is 0 Å². The van der Waals surface area contributed by atoms with Crippen molar-refractivity contribution in [1.29, 1.82) is 0 Å². The maximum absolute atomic E-state index is 12.1. The summed E-state index contributed by atoms with van der Waals surface area (Å²) in [4.78, 5) is 12.1. The van der Waals surface area contributed by atoms with Crippen molar-refractivity contribution >= 4 is 5.97 Å². The van der Waals surface area contributed by atoms with Gasteiger partial charge in [-0.1, -0.05) is 139 Å². The number of allylic oxidation sites excluding steroid dienone is 10. The Morgan fingerprint density at radius 1 is 0.568 bits per heavy atom. The van der Waals surface area contributed by atoms with Crippen molar-refractivity contribution in [1.82, 2.24) is 0 Å². The number of esters is 1. The summed E-state index contributed by atoms with van der Waals surface area (Å²) in [6.07, 6.45) is 48.3. The number of rotatable bonds is 33. The smallest absolute Gasteiger partial charge is 0.306 e. The molecular formula is C40H70O4. The molecule has 0 aliphatic rings. The second-order valence-electron chi connectivity index (χ2n) is 11.9. The van der Waals surface area contributed by atoms with Gasteiger partial charge in [-0.2, -0.15) is 0 Å². The highest BCUT2D eigenvalue weighted by molar-refractivity contribution is 5.69. The highest BCUT2D eigenvalue weighted by Crippen LogP contribution is 2.11. The van der Waals surface area contributed by atoms with Gasteiger partial charge in [-0.25, -0.2) is 0 Å². The number of unbranched alkanes of at least 4 members (excludes halogenated alkanes) is 15. The molecule has 0 fully saturated rings. The van der Waals surface area contributed by atoms with Crippen molar-refractivity contribution in [2.45, 2.75) is 168 Å². The first kappa shape index (κ1) is 42.1. The minimum Gasteiger partial charge on any atom is -0.457 e. The molecule has 254 valence electrons. The van der Waals surface area contributed by atoms with Crippen LogP contribution in [0, 0.1) is 0 Å². The molecule has 0 saturated carbocycles. The summed E-state index contributed by atoms with van der Waals surface area (Å²) in [7, 11) is 0. The minimum atomic E-state index is -0.556. The average molecular weight is 615 g/mol. The molecular weight excluding hydrogens is 544 g/mol. The van der Waals surface area contributed by atoms with Crippen molar-refractivity contribution in [3.05, 3.63) is 60.8 Å². The van der Waals surface area contributed by atoms with Crippen LogP contribution in [0.5, 0.6) is 0 Å². The highest BCUT2D eigenvalue weighted by Gasteiger charge is 2.13.